The molecule has 0 aliphatic carbocycles. The van der Waals surface area contributed by atoms with Crippen molar-refractivity contribution in [3.8, 4) is 0 Å². The fourth-order valence-electron chi connectivity index (χ4n) is 2.47. The van der Waals surface area contributed by atoms with E-state index < -0.39 is 22.0 Å². The van der Waals surface area contributed by atoms with Crippen LogP contribution in [0.5, 0.6) is 0 Å². The number of hydrogen-bond donors (Lipinski definition) is 4. The van der Waals surface area contributed by atoms with E-state index in [2.05, 4.69) is 25.6 Å². The number of hydrogen-bond acceptors (Lipinski definition) is 7. The van der Waals surface area contributed by atoms with Gasteiger partial charge in [0.05, 0.1) is 0 Å². The number of carbonyl (C=O) groups is 1. The van der Waals surface area contributed by atoms with Gasteiger partial charge in [0.25, 0.3) is 0 Å². The molecule has 4 N–H and O–H groups in total. The van der Waals surface area contributed by atoms with Crippen LogP contribution in [0.4, 0.5) is 5.82 Å². The predicted molar refractivity (Wildman–Crippen MR) is 79.5 cm³/mol. The van der Waals surface area contributed by atoms with Crippen LogP contribution >= 0.6 is 0 Å². The monoisotopic (exact) mass is 372 g/mol. The molecule has 1 amide bonds. The molecule has 1 fully saturated rings. The van der Waals surface area contributed by atoms with E-state index in [0.717, 1.165) is 0 Å². The summed E-state index contributed by atoms with van der Waals surface area (Å²) < 4.78 is 1.72. The quantitative estimate of drug-likeness (QED) is 0.476. The Hall–Kier alpha value is -1.74. The Kier molecular flexibility index (Phi) is 4.00. The van der Waals surface area contributed by atoms with Crippen molar-refractivity contribution >= 4 is 37.8 Å². The summed E-state index contributed by atoms with van der Waals surface area (Å²) in [5.41, 5.74) is 1.15. The number of nitrogens with zero attached hydrogens (tertiary/aromatic N) is 4. The molecule has 3 rings (SSSR count). The molecule has 0 bridgehead atoms. The molecule has 118 valence electrons. The molecule has 9 nitrogen and oxygen atoms in total. The molecule has 2 aromatic rings. The first-order valence-electron chi connectivity index (χ1n) is 6.67. The van der Waals surface area contributed by atoms with E-state index >= 15 is 0 Å². The SMILES string of the molecule is CNC(=O)[C@H]1[Se][C@@H](n2cnc3c(NC)ncnc32)[C@H](O)[C@@H]1O. The Bertz CT molecular complexity index is 707. The van der Waals surface area contributed by atoms with E-state index in [-0.39, 0.29) is 20.9 Å². The second-order valence-corrected chi connectivity index (χ2v) is 7.49. The second-order valence-electron chi connectivity index (χ2n) is 4.84. The molecule has 0 saturated carbocycles. The van der Waals surface area contributed by atoms with Crippen LogP contribution in [-0.4, -0.2) is 76.9 Å². The van der Waals surface area contributed by atoms with E-state index in [1.165, 1.54) is 13.4 Å². The molecule has 22 heavy (non-hydrogen) atoms. The molecule has 2 aromatic heterocycles. The van der Waals surface area contributed by atoms with Crippen LogP contribution in [0.1, 0.15) is 4.94 Å². The molecule has 0 unspecified atom stereocenters. The van der Waals surface area contributed by atoms with E-state index in [1.807, 2.05) is 0 Å². The topological polar surface area (TPSA) is 125 Å². The average Bonchev–Trinajstić information content (AvgIpc) is 3.09. The fourth-order valence-corrected chi connectivity index (χ4v) is 5.56. The second kappa shape index (κ2) is 5.80. The van der Waals surface area contributed by atoms with Gasteiger partial charge in [0, 0.05) is 0 Å². The standard InChI is InChI=1S/C12H16N6O3Se/c1-13-9-5-10(16-3-15-9)18(4-17-5)12-7(20)6(19)8(22-12)11(21)14-2/h3-4,6-8,12,19-20H,1-2H3,(H,14,21)(H,13,15,16)/t6-,7+,8-,12+/m0/s1. The zero-order valence-electron chi connectivity index (χ0n) is 12.0. The minimum absolute atomic E-state index is 0.260. The maximum atomic E-state index is 11.8. The Morgan fingerprint density at radius 3 is 2.73 bits per heavy atom. The molecule has 10 heteroatoms. The Morgan fingerprint density at radius 1 is 1.27 bits per heavy atom. The van der Waals surface area contributed by atoms with E-state index in [0.29, 0.717) is 17.0 Å². The normalized spacial score (nSPS) is 28.0. The first-order valence-corrected chi connectivity index (χ1v) is 8.64. The Morgan fingerprint density at radius 2 is 2.05 bits per heavy atom. The Labute approximate surface area is 132 Å². The summed E-state index contributed by atoms with van der Waals surface area (Å²) in [6, 6.07) is 0. The van der Waals surface area contributed by atoms with Gasteiger partial charge in [-0.05, 0) is 0 Å². The molecule has 0 radical (unpaired) electrons. The molecule has 1 aliphatic heterocycles. The predicted octanol–water partition coefficient (Wildman–Crippen LogP) is -1.66. The van der Waals surface area contributed by atoms with Crippen molar-refractivity contribution in [3.63, 3.8) is 0 Å². The van der Waals surface area contributed by atoms with Gasteiger partial charge in [-0.2, -0.15) is 0 Å². The van der Waals surface area contributed by atoms with Crippen molar-refractivity contribution in [2.24, 2.45) is 0 Å². The zero-order chi connectivity index (χ0) is 15.9. The van der Waals surface area contributed by atoms with Crippen molar-refractivity contribution in [2.75, 3.05) is 19.4 Å². The van der Waals surface area contributed by atoms with Gasteiger partial charge in [0.2, 0.25) is 0 Å². The van der Waals surface area contributed by atoms with E-state index in [1.54, 1.807) is 17.9 Å². The van der Waals surface area contributed by atoms with Gasteiger partial charge in [-0.3, -0.25) is 0 Å². The minimum atomic E-state index is -1.09. The average molecular weight is 371 g/mol. The van der Waals surface area contributed by atoms with Crippen molar-refractivity contribution in [1.82, 2.24) is 24.8 Å². The van der Waals surface area contributed by atoms with Gasteiger partial charge < -0.3 is 0 Å². The Balaban J connectivity index is 2.00. The summed E-state index contributed by atoms with van der Waals surface area (Å²) in [6.07, 6.45) is 0.850. The number of imidazole rings is 1. The number of aliphatic hydroxyl groups is 2. The summed E-state index contributed by atoms with van der Waals surface area (Å²) in [5.74, 6) is 0.330. The number of amides is 1. The summed E-state index contributed by atoms with van der Waals surface area (Å²) in [6.45, 7) is 0. The van der Waals surface area contributed by atoms with Crippen LogP contribution in [0.2, 0.25) is 4.82 Å². The number of carbonyl (C=O) groups excluding carboxylic acids is 1. The molecular weight excluding hydrogens is 355 g/mol. The molecule has 1 saturated heterocycles. The molecular formula is C12H16N6O3Se. The van der Waals surface area contributed by atoms with Crippen molar-refractivity contribution in [3.05, 3.63) is 12.7 Å². The summed E-state index contributed by atoms with van der Waals surface area (Å²) in [7, 11) is 3.25. The van der Waals surface area contributed by atoms with Gasteiger partial charge in [-0.15, -0.1) is 0 Å². The van der Waals surface area contributed by atoms with Gasteiger partial charge in [-0.1, -0.05) is 0 Å². The van der Waals surface area contributed by atoms with Crippen LogP contribution in [0, 0.1) is 0 Å². The number of nitrogens with one attached hydrogen (secondary N) is 2. The molecule has 3 heterocycles. The first-order chi connectivity index (χ1) is 10.6. The zero-order valence-corrected chi connectivity index (χ0v) is 13.7. The number of fused-ring (bicyclic) bond motifs is 1. The van der Waals surface area contributed by atoms with Crippen LogP contribution < -0.4 is 10.6 Å². The van der Waals surface area contributed by atoms with Crippen LogP contribution in [0.25, 0.3) is 11.2 Å². The van der Waals surface area contributed by atoms with Crippen LogP contribution in [-0.2, 0) is 4.79 Å². The van der Waals surface area contributed by atoms with Crippen molar-refractivity contribution in [2.45, 2.75) is 22.0 Å². The van der Waals surface area contributed by atoms with E-state index in [9.17, 15) is 15.0 Å². The summed E-state index contributed by atoms with van der Waals surface area (Å²) in [4.78, 5) is 23.4. The van der Waals surface area contributed by atoms with E-state index in [4.69, 9.17) is 0 Å². The van der Waals surface area contributed by atoms with Gasteiger partial charge in [0.15, 0.2) is 0 Å². The molecule has 1 aliphatic rings. The number of aromatic nitrogens is 4. The van der Waals surface area contributed by atoms with Gasteiger partial charge in [0.1, 0.15) is 0 Å². The third-order valence-electron chi connectivity index (χ3n) is 3.61. The number of aliphatic hydroxyl groups excluding tert-OH is 2. The molecule has 0 spiro atoms. The molecule has 0 aromatic carbocycles. The summed E-state index contributed by atoms with van der Waals surface area (Å²) in [5, 5.41) is 25.9. The third-order valence-corrected chi connectivity index (χ3v) is 6.91. The number of rotatable bonds is 3. The molecule has 4 atom stereocenters. The first kappa shape index (κ1) is 15.2. The van der Waals surface area contributed by atoms with Crippen LogP contribution in [0.3, 0.4) is 0 Å². The van der Waals surface area contributed by atoms with Crippen molar-refractivity contribution in [1.29, 1.82) is 0 Å². The fraction of sp³-hybridized carbons (Fsp3) is 0.500. The number of anilines is 1. The van der Waals surface area contributed by atoms with Crippen molar-refractivity contribution < 1.29 is 15.0 Å². The maximum absolute atomic E-state index is 11.8. The van der Waals surface area contributed by atoms with Crippen LogP contribution in [0.15, 0.2) is 12.7 Å². The summed E-state index contributed by atoms with van der Waals surface area (Å²) >= 11 is -0.336. The van der Waals surface area contributed by atoms with Gasteiger partial charge in [-0.25, -0.2) is 0 Å². The van der Waals surface area contributed by atoms with Gasteiger partial charge >= 0.3 is 132 Å². The third kappa shape index (κ3) is 2.24.